The highest BCUT2D eigenvalue weighted by molar-refractivity contribution is 7.92. The second-order valence-corrected chi connectivity index (χ2v) is 9.87. The summed E-state index contributed by atoms with van der Waals surface area (Å²) in [4.78, 5) is 13.1. The molecular formula is C27H26N2O4S. The zero-order valence-electron chi connectivity index (χ0n) is 18.7. The minimum atomic E-state index is -3.85. The largest absolute Gasteiger partial charge is 0.394 e. The van der Waals surface area contributed by atoms with E-state index in [9.17, 15) is 18.3 Å². The van der Waals surface area contributed by atoms with Gasteiger partial charge in [0, 0.05) is 11.3 Å². The number of benzene rings is 4. The molecule has 4 rings (SSSR count). The first kappa shape index (κ1) is 23.5. The van der Waals surface area contributed by atoms with E-state index in [0.717, 1.165) is 16.3 Å². The van der Waals surface area contributed by atoms with Crippen LogP contribution in [0.3, 0.4) is 0 Å². The number of rotatable bonds is 8. The van der Waals surface area contributed by atoms with E-state index in [2.05, 4.69) is 10.0 Å². The minimum absolute atomic E-state index is 0.140. The monoisotopic (exact) mass is 474 g/mol. The van der Waals surface area contributed by atoms with Crippen molar-refractivity contribution >= 4 is 32.4 Å². The molecule has 0 bridgehead atoms. The van der Waals surface area contributed by atoms with Crippen LogP contribution in [0.25, 0.3) is 10.8 Å². The van der Waals surface area contributed by atoms with Gasteiger partial charge in [-0.1, -0.05) is 66.7 Å². The van der Waals surface area contributed by atoms with Gasteiger partial charge in [0.25, 0.3) is 15.9 Å². The summed E-state index contributed by atoms with van der Waals surface area (Å²) < 4.78 is 28.6. The standard InChI is InChI=1S/C27H26N2O4S/c1-19-11-13-23(29-34(32,33)25-14-12-21-9-5-6-10-22(21)16-25)17-26(19)27(31)28-24(18-30)15-20-7-3-2-4-8-20/h2-14,16-17,24,29-30H,15,18H2,1H3,(H,28,31). The Kier molecular flexibility index (Phi) is 6.95. The second kappa shape index (κ2) is 10.1. The third-order valence-electron chi connectivity index (χ3n) is 5.65. The first-order valence-corrected chi connectivity index (χ1v) is 12.4. The van der Waals surface area contributed by atoms with Crippen LogP contribution in [-0.4, -0.2) is 32.1 Å². The molecule has 4 aromatic rings. The molecule has 0 aliphatic rings. The number of fused-ring (bicyclic) bond motifs is 1. The average Bonchev–Trinajstić information content (AvgIpc) is 2.85. The lowest BCUT2D eigenvalue weighted by molar-refractivity contribution is 0.0916. The Hall–Kier alpha value is -3.68. The Balaban J connectivity index is 1.53. The van der Waals surface area contributed by atoms with Gasteiger partial charge >= 0.3 is 0 Å². The molecule has 0 aliphatic carbocycles. The number of carbonyl (C=O) groups is 1. The molecule has 0 fully saturated rings. The predicted octanol–water partition coefficient (Wildman–Crippen LogP) is 4.28. The maximum Gasteiger partial charge on any atom is 0.261 e. The Bertz CT molecular complexity index is 1420. The van der Waals surface area contributed by atoms with E-state index in [4.69, 9.17) is 0 Å². The molecule has 0 saturated carbocycles. The first-order chi connectivity index (χ1) is 16.4. The van der Waals surface area contributed by atoms with Crippen molar-refractivity contribution in [3.05, 3.63) is 108 Å². The van der Waals surface area contributed by atoms with Crippen LogP contribution in [0, 0.1) is 6.92 Å². The van der Waals surface area contributed by atoms with Crippen molar-refractivity contribution in [3.8, 4) is 0 Å². The van der Waals surface area contributed by atoms with Gasteiger partial charge in [-0.2, -0.15) is 0 Å². The molecule has 0 radical (unpaired) electrons. The Morgan fingerprint density at radius 1 is 0.882 bits per heavy atom. The molecule has 1 amide bonds. The third kappa shape index (κ3) is 5.44. The van der Waals surface area contributed by atoms with Crippen molar-refractivity contribution in [3.63, 3.8) is 0 Å². The maximum absolute atomic E-state index is 13.0. The molecule has 1 atom stereocenters. The molecule has 7 heteroatoms. The van der Waals surface area contributed by atoms with Crippen molar-refractivity contribution in [1.82, 2.24) is 5.32 Å². The summed E-state index contributed by atoms with van der Waals surface area (Å²) in [6.07, 6.45) is 0.483. The summed E-state index contributed by atoms with van der Waals surface area (Å²) in [6, 6.07) is 26.4. The van der Waals surface area contributed by atoms with Crippen LogP contribution in [0.2, 0.25) is 0 Å². The van der Waals surface area contributed by atoms with Crippen molar-refractivity contribution in [1.29, 1.82) is 0 Å². The SMILES string of the molecule is Cc1ccc(NS(=O)(=O)c2ccc3ccccc3c2)cc1C(=O)NC(CO)Cc1ccccc1. The van der Waals surface area contributed by atoms with Crippen LogP contribution in [0.5, 0.6) is 0 Å². The van der Waals surface area contributed by atoms with Crippen LogP contribution >= 0.6 is 0 Å². The number of amides is 1. The summed E-state index contributed by atoms with van der Waals surface area (Å²) in [7, 11) is -3.85. The molecule has 0 spiro atoms. The van der Waals surface area contributed by atoms with Crippen molar-refractivity contribution < 1.29 is 18.3 Å². The number of sulfonamides is 1. The van der Waals surface area contributed by atoms with Crippen molar-refractivity contribution in [2.75, 3.05) is 11.3 Å². The zero-order chi connectivity index (χ0) is 24.1. The summed E-state index contributed by atoms with van der Waals surface area (Å²) in [5.41, 5.74) is 2.32. The first-order valence-electron chi connectivity index (χ1n) is 10.9. The molecule has 4 aromatic carbocycles. The quantitative estimate of drug-likeness (QED) is 0.355. The van der Waals surface area contributed by atoms with Gasteiger partial charge in [-0.05, 0) is 59.5 Å². The molecule has 3 N–H and O–H groups in total. The number of nitrogens with one attached hydrogen (secondary N) is 2. The van der Waals surface area contributed by atoms with Gasteiger partial charge in [-0.25, -0.2) is 8.42 Å². The van der Waals surface area contributed by atoms with Crippen molar-refractivity contribution in [2.45, 2.75) is 24.3 Å². The number of aliphatic hydroxyl groups is 1. The van der Waals surface area contributed by atoms with Crippen LogP contribution in [0.4, 0.5) is 5.69 Å². The lowest BCUT2D eigenvalue weighted by Gasteiger charge is -2.18. The van der Waals surface area contributed by atoms with E-state index in [0.29, 0.717) is 17.5 Å². The zero-order valence-corrected chi connectivity index (χ0v) is 19.5. The van der Waals surface area contributed by atoms with E-state index < -0.39 is 16.1 Å². The molecule has 1 unspecified atom stereocenters. The molecule has 0 aromatic heterocycles. The van der Waals surface area contributed by atoms with E-state index in [1.54, 1.807) is 37.3 Å². The van der Waals surface area contributed by atoms with Crippen LogP contribution < -0.4 is 10.0 Å². The maximum atomic E-state index is 13.0. The number of aryl methyl sites for hydroxylation is 1. The highest BCUT2D eigenvalue weighted by Crippen LogP contribution is 2.23. The molecule has 6 nitrogen and oxygen atoms in total. The number of aliphatic hydroxyl groups excluding tert-OH is 1. The summed E-state index contributed by atoms with van der Waals surface area (Å²) in [5, 5.41) is 14.4. The Morgan fingerprint density at radius 3 is 2.32 bits per heavy atom. The Labute approximate surface area is 199 Å². The lowest BCUT2D eigenvalue weighted by atomic mass is 10.0. The average molecular weight is 475 g/mol. The highest BCUT2D eigenvalue weighted by atomic mass is 32.2. The van der Waals surface area contributed by atoms with E-state index in [1.807, 2.05) is 54.6 Å². The van der Waals surface area contributed by atoms with Gasteiger partial charge in [0.05, 0.1) is 17.5 Å². The fourth-order valence-corrected chi connectivity index (χ4v) is 4.89. The fourth-order valence-electron chi connectivity index (χ4n) is 3.80. The summed E-state index contributed by atoms with van der Waals surface area (Å²) in [6.45, 7) is 1.57. The van der Waals surface area contributed by atoms with Gasteiger partial charge in [0.15, 0.2) is 0 Å². The van der Waals surface area contributed by atoms with Crippen LogP contribution in [0.15, 0.2) is 95.9 Å². The molecular weight excluding hydrogens is 448 g/mol. The fraction of sp³-hybridized carbons (Fsp3) is 0.148. The van der Waals surface area contributed by atoms with Gasteiger partial charge in [0.2, 0.25) is 0 Å². The Morgan fingerprint density at radius 2 is 1.59 bits per heavy atom. The van der Waals surface area contributed by atoms with Crippen LogP contribution in [0.1, 0.15) is 21.5 Å². The molecule has 34 heavy (non-hydrogen) atoms. The smallest absolute Gasteiger partial charge is 0.261 e. The second-order valence-electron chi connectivity index (χ2n) is 8.19. The van der Waals surface area contributed by atoms with Crippen molar-refractivity contribution in [2.24, 2.45) is 0 Å². The molecule has 0 aliphatic heterocycles. The van der Waals surface area contributed by atoms with Gasteiger partial charge in [-0.15, -0.1) is 0 Å². The number of hydrogen-bond acceptors (Lipinski definition) is 4. The van der Waals surface area contributed by atoms with Gasteiger partial charge in [0.1, 0.15) is 0 Å². The van der Waals surface area contributed by atoms with E-state index >= 15 is 0 Å². The van der Waals surface area contributed by atoms with Gasteiger partial charge in [-0.3, -0.25) is 9.52 Å². The number of hydrogen-bond donors (Lipinski definition) is 3. The van der Waals surface area contributed by atoms with Gasteiger partial charge < -0.3 is 10.4 Å². The molecule has 0 saturated heterocycles. The minimum Gasteiger partial charge on any atom is -0.394 e. The number of carbonyl (C=O) groups excluding carboxylic acids is 1. The van der Waals surface area contributed by atoms with E-state index in [-0.39, 0.29) is 23.1 Å². The topological polar surface area (TPSA) is 95.5 Å². The summed E-state index contributed by atoms with van der Waals surface area (Å²) in [5.74, 6) is -0.376. The van der Waals surface area contributed by atoms with Crippen LogP contribution in [-0.2, 0) is 16.4 Å². The number of anilines is 1. The highest BCUT2D eigenvalue weighted by Gasteiger charge is 2.19. The molecule has 174 valence electrons. The third-order valence-corrected chi connectivity index (χ3v) is 7.03. The summed E-state index contributed by atoms with van der Waals surface area (Å²) >= 11 is 0. The van der Waals surface area contributed by atoms with E-state index in [1.165, 1.54) is 6.07 Å². The predicted molar refractivity (Wildman–Crippen MR) is 134 cm³/mol. The normalized spacial score (nSPS) is 12.3. The lowest BCUT2D eigenvalue weighted by Crippen LogP contribution is -2.39. The molecule has 0 heterocycles.